The zero-order valence-electron chi connectivity index (χ0n) is 15.3. The second-order valence-electron chi connectivity index (χ2n) is 6.60. The van der Waals surface area contributed by atoms with Gasteiger partial charge in [0.1, 0.15) is 36.4 Å². The highest BCUT2D eigenvalue weighted by Gasteiger charge is 2.34. The van der Waals surface area contributed by atoms with Gasteiger partial charge in [-0.15, -0.1) is 0 Å². The molecule has 4 rings (SSSR count). The van der Waals surface area contributed by atoms with Crippen molar-refractivity contribution in [2.24, 2.45) is 21.5 Å². The number of hydrogen-bond donors (Lipinski definition) is 2. The van der Waals surface area contributed by atoms with E-state index in [0.717, 1.165) is 5.56 Å². The van der Waals surface area contributed by atoms with Crippen LogP contribution < -0.4 is 11.5 Å². The molecule has 1 unspecified atom stereocenters. The number of aliphatic imine (C=N–C) groups is 2. The molecule has 2 aliphatic heterocycles. The van der Waals surface area contributed by atoms with Crippen molar-refractivity contribution in [1.29, 1.82) is 0 Å². The Bertz CT molecular complexity index is 989. The molecule has 29 heavy (non-hydrogen) atoms. The molecular weight excluding hydrogens is 470 g/mol. The topological polar surface area (TPSA) is 95.2 Å². The van der Waals surface area contributed by atoms with Gasteiger partial charge < -0.3 is 20.9 Å². The van der Waals surface area contributed by atoms with Crippen molar-refractivity contribution in [1.82, 2.24) is 0 Å². The predicted molar refractivity (Wildman–Crippen MR) is 111 cm³/mol. The fourth-order valence-corrected chi connectivity index (χ4v) is 3.49. The molecule has 0 bridgehead atoms. The zero-order valence-corrected chi connectivity index (χ0v) is 17.7. The number of amidine groups is 2. The molecule has 0 radical (unpaired) electrons. The van der Waals surface area contributed by atoms with Gasteiger partial charge in [-0.1, -0.05) is 23.7 Å². The molecule has 4 N–H and O–H groups in total. The van der Waals surface area contributed by atoms with Crippen molar-refractivity contribution in [3.8, 4) is 0 Å². The minimum atomic E-state index is -0.616. The molecule has 0 spiro atoms. The van der Waals surface area contributed by atoms with Crippen LogP contribution in [0.2, 0.25) is 5.02 Å². The van der Waals surface area contributed by atoms with Crippen LogP contribution in [0.3, 0.4) is 0 Å². The summed E-state index contributed by atoms with van der Waals surface area (Å²) in [6.45, 7) is 2.54. The molecule has 2 aromatic carbocycles. The summed E-state index contributed by atoms with van der Waals surface area (Å²) >= 11 is 9.02. The summed E-state index contributed by atoms with van der Waals surface area (Å²) in [5, 5.41) is 0.333. The first-order valence-corrected chi connectivity index (χ1v) is 9.70. The standard InChI is InChI=1S/C10H10ClFN2O.C9H8BrFN2O/c1-10(5-15-9(13)14-10)7-3-2-6(12)4-8(7)11;10-6-2-1-5(3-7(6)11)8-4-14-9(12)13-8/h2-4H,5H2,1H3,(H2,13,14);1-3,8H,4H2,(H2,12,13)/t;8-/m.1/s1. The minimum Gasteiger partial charge on any atom is -0.463 e. The van der Waals surface area contributed by atoms with Crippen LogP contribution in [-0.2, 0) is 15.0 Å². The summed E-state index contributed by atoms with van der Waals surface area (Å²) in [5.74, 6) is -0.675. The van der Waals surface area contributed by atoms with Crippen LogP contribution in [0.15, 0.2) is 50.9 Å². The number of ether oxygens (including phenoxy) is 2. The summed E-state index contributed by atoms with van der Waals surface area (Å²) < 4.78 is 36.5. The predicted octanol–water partition coefficient (Wildman–Crippen LogP) is 4.01. The van der Waals surface area contributed by atoms with Gasteiger partial charge in [-0.2, -0.15) is 0 Å². The van der Waals surface area contributed by atoms with Crippen molar-refractivity contribution >= 4 is 39.6 Å². The van der Waals surface area contributed by atoms with Crippen LogP contribution in [0.25, 0.3) is 0 Å². The zero-order chi connectivity index (χ0) is 21.2. The largest absolute Gasteiger partial charge is 0.463 e. The number of nitrogens with zero attached hydrogens (tertiary/aromatic N) is 2. The third kappa shape index (κ3) is 4.97. The van der Waals surface area contributed by atoms with Gasteiger partial charge in [0.2, 0.25) is 0 Å². The highest BCUT2D eigenvalue weighted by atomic mass is 79.9. The normalized spacial score (nSPS) is 22.7. The van der Waals surface area contributed by atoms with Crippen molar-refractivity contribution < 1.29 is 18.3 Å². The van der Waals surface area contributed by atoms with Crippen LogP contribution in [0.1, 0.15) is 24.1 Å². The number of benzene rings is 2. The summed E-state index contributed by atoms with van der Waals surface area (Å²) in [6, 6.07) is 9.19. The van der Waals surface area contributed by atoms with Crippen LogP contribution in [0.5, 0.6) is 0 Å². The van der Waals surface area contributed by atoms with E-state index in [4.69, 9.17) is 32.5 Å². The smallest absolute Gasteiger partial charge is 0.283 e. The van der Waals surface area contributed by atoms with Crippen molar-refractivity contribution in [3.05, 3.63) is 68.7 Å². The Balaban J connectivity index is 0.000000166. The molecular formula is C19H18BrClF2N4O2. The van der Waals surface area contributed by atoms with Gasteiger partial charge in [-0.25, -0.2) is 18.8 Å². The van der Waals surface area contributed by atoms with E-state index in [2.05, 4.69) is 25.9 Å². The Hall–Kier alpha value is -2.39. The highest BCUT2D eigenvalue weighted by molar-refractivity contribution is 9.10. The molecule has 0 saturated carbocycles. The Morgan fingerprint density at radius 1 is 1.14 bits per heavy atom. The van der Waals surface area contributed by atoms with Crippen LogP contribution in [0.4, 0.5) is 8.78 Å². The first kappa shape index (κ1) is 21.3. The SMILES string of the molecule is CC1(c2ccc(F)cc2Cl)COC(N)=N1.NC1=N[C@@H](c2ccc(Br)c(F)c2)CO1. The maximum atomic E-state index is 13.2. The quantitative estimate of drug-likeness (QED) is 0.669. The van der Waals surface area contributed by atoms with Crippen LogP contribution >= 0.6 is 27.5 Å². The van der Waals surface area contributed by atoms with E-state index in [1.807, 2.05) is 6.92 Å². The molecule has 10 heteroatoms. The lowest BCUT2D eigenvalue weighted by Crippen LogP contribution is -2.21. The number of nitrogens with two attached hydrogens (primary N) is 2. The molecule has 6 nitrogen and oxygen atoms in total. The second kappa shape index (κ2) is 8.54. The number of hydrogen-bond acceptors (Lipinski definition) is 6. The Labute approximate surface area is 179 Å². The van der Waals surface area contributed by atoms with E-state index < -0.39 is 5.54 Å². The van der Waals surface area contributed by atoms with Crippen molar-refractivity contribution in [3.63, 3.8) is 0 Å². The van der Waals surface area contributed by atoms with E-state index in [-0.39, 0.29) is 29.7 Å². The first-order valence-electron chi connectivity index (χ1n) is 8.52. The number of rotatable bonds is 2. The van der Waals surface area contributed by atoms with Crippen molar-refractivity contribution in [2.75, 3.05) is 13.2 Å². The summed E-state index contributed by atoms with van der Waals surface area (Å²) in [4.78, 5) is 8.17. The van der Waals surface area contributed by atoms with Gasteiger partial charge in [-0.3, -0.25) is 0 Å². The average molecular weight is 488 g/mol. The molecule has 0 saturated heterocycles. The first-order chi connectivity index (χ1) is 13.7. The average Bonchev–Trinajstić information content (AvgIpc) is 3.24. The molecule has 2 aliphatic rings. The van der Waals surface area contributed by atoms with Gasteiger partial charge in [0.05, 0.1) is 4.47 Å². The lowest BCUT2D eigenvalue weighted by Gasteiger charge is -2.19. The molecule has 2 aromatic rings. The third-order valence-corrected chi connectivity index (χ3v) is 5.33. The van der Waals surface area contributed by atoms with E-state index in [9.17, 15) is 8.78 Å². The summed E-state index contributed by atoms with van der Waals surface area (Å²) in [7, 11) is 0. The van der Waals surface area contributed by atoms with Crippen LogP contribution in [0, 0.1) is 11.6 Å². The number of halogens is 4. The minimum absolute atomic E-state index is 0.137. The highest BCUT2D eigenvalue weighted by Crippen LogP contribution is 2.34. The summed E-state index contributed by atoms with van der Waals surface area (Å²) in [6.07, 6.45) is 0. The monoisotopic (exact) mass is 486 g/mol. The van der Waals surface area contributed by atoms with Gasteiger partial charge in [0, 0.05) is 10.6 Å². The summed E-state index contributed by atoms with van der Waals surface area (Å²) in [5.41, 5.74) is 11.7. The van der Waals surface area contributed by atoms with E-state index in [0.29, 0.717) is 28.3 Å². The van der Waals surface area contributed by atoms with Gasteiger partial charge in [-0.05, 0) is 52.7 Å². The van der Waals surface area contributed by atoms with Gasteiger partial charge in [0.15, 0.2) is 0 Å². The fourth-order valence-electron chi connectivity index (χ4n) is 2.87. The van der Waals surface area contributed by atoms with E-state index in [1.165, 1.54) is 18.2 Å². The van der Waals surface area contributed by atoms with Crippen molar-refractivity contribution in [2.45, 2.75) is 18.5 Å². The van der Waals surface area contributed by atoms with E-state index in [1.54, 1.807) is 18.2 Å². The molecule has 0 aromatic heterocycles. The molecule has 2 heterocycles. The van der Waals surface area contributed by atoms with E-state index >= 15 is 0 Å². The van der Waals surface area contributed by atoms with Gasteiger partial charge in [0.25, 0.3) is 12.0 Å². The maximum absolute atomic E-state index is 13.2. The van der Waals surface area contributed by atoms with Gasteiger partial charge >= 0.3 is 0 Å². The molecule has 0 fully saturated rings. The molecule has 154 valence electrons. The Morgan fingerprint density at radius 2 is 1.90 bits per heavy atom. The maximum Gasteiger partial charge on any atom is 0.283 e. The lowest BCUT2D eigenvalue weighted by atomic mass is 9.94. The molecule has 0 amide bonds. The Morgan fingerprint density at radius 3 is 2.45 bits per heavy atom. The molecule has 2 atom stereocenters. The fraction of sp³-hybridized carbons (Fsp3) is 0.263. The third-order valence-electron chi connectivity index (χ3n) is 4.37. The second-order valence-corrected chi connectivity index (χ2v) is 7.87. The van der Waals surface area contributed by atoms with Crippen LogP contribution in [-0.4, -0.2) is 25.3 Å². The lowest BCUT2D eigenvalue weighted by molar-refractivity contribution is 0.266. The Kier molecular flexibility index (Phi) is 6.28. The molecule has 0 aliphatic carbocycles.